The zero-order valence-corrected chi connectivity index (χ0v) is 13.8. The van der Waals surface area contributed by atoms with Gasteiger partial charge in [-0.1, -0.05) is 24.1 Å². The van der Waals surface area contributed by atoms with E-state index < -0.39 is 11.2 Å². The number of rotatable bonds is 4. The molecular formula is C18H16N4O3. The molecule has 7 nitrogen and oxygen atoms in total. The Kier molecular flexibility index (Phi) is 4.27. The van der Waals surface area contributed by atoms with Crippen LogP contribution in [0.25, 0.3) is 23.3 Å². The van der Waals surface area contributed by atoms with Crippen molar-refractivity contribution < 1.29 is 4.74 Å². The van der Waals surface area contributed by atoms with Crippen molar-refractivity contribution in [3.8, 4) is 18.1 Å². The number of ether oxygens (including phenoxy) is 1. The van der Waals surface area contributed by atoms with E-state index in [1.165, 1.54) is 4.57 Å². The SMILES string of the molecule is C#CCn1c(=O)c2[nH]c(/C=C/c3cccc(OC)c3)nc2n(C)c1=O. The molecule has 0 aliphatic carbocycles. The summed E-state index contributed by atoms with van der Waals surface area (Å²) in [5.74, 6) is 3.51. The number of nitrogens with one attached hydrogen (secondary N) is 1. The molecule has 0 aliphatic rings. The van der Waals surface area contributed by atoms with Crippen LogP contribution in [0, 0.1) is 12.3 Å². The Balaban J connectivity index is 2.07. The Morgan fingerprint density at radius 1 is 1.36 bits per heavy atom. The largest absolute Gasteiger partial charge is 0.497 e. The number of aryl methyl sites for hydroxylation is 1. The second-order valence-corrected chi connectivity index (χ2v) is 5.37. The van der Waals surface area contributed by atoms with Crippen LogP contribution >= 0.6 is 0 Å². The maximum absolute atomic E-state index is 12.4. The summed E-state index contributed by atoms with van der Waals surface area (Å²) in [4.78, 5) is 31.9. The highest BCUT2D eigenvalue weighted by atomic mass is 16.5. The van der Waals surface area contributed by atoms with E-state index >= 15 is 0 Å². The first-order chi connectivity index (χ1) is 12.0. The van der Waals surface area contributed by atoms with Gasteiger partial charge >= 0.3 is 5.69 Å². The number of hydrogen-bond acceptors (Lipinski definition) is 4. The van der Waals surface area contributed by atoms with Gasteiger partial charge in [0.05, 0.1) is 13.7 Å². The van der Waals surface area contributed by atoms with Gasteiger partial charge in [0, 0.05) is 7.05 Å². The van der Waals surface area contributed by atoms with Gasteiger partial charge < -0.3 is 9.72 Å². The summed E-state index contributed by atoms with van der Waals surface area (Å²) in [6.07, 6.45) is 8.79. The molecule has 0 unspecified atom stereocenters. The molecule has 7 heteroatoms. The Labute approximate surface area is 143 Å². The van der Waals surface area contributed by atoms with Crippen LogP contribution in [-0.2, 0) is 13.6 Å². The Bertz CT molecular complexity index is 1130. The Morgan fingerprint density at radius 3 is 2.88 bits per heavy atom. The van der Waals surface area contributed by atoms with Crippen LogP contribution < -0.4 is 16.0 Å². The lowest BCUT2D eigenvalue weighted by atomic mass is 10.2. The molecule has 0 saturated carbocycles. The summed E-state index contributed by atoms with van der Waals surface area (Å²) in [6, 6.07) is 7.51. The van der Waals surface area contributed by atoms with Crippen molar-refractivity contribution in [2.75, 3.05) is 7.11 Å². The van der Waals surface area contributed by atoms with Crippen molar-refractivity contribution in [3.05, 3.63) is 56.5 Å². The lowest BCUT2D eigenvalue weighted by Gasteiger charge is -2.03. The monoisotopic (exact) mass is 336 g/mol. The number of nitrogens with zero attached hydrogens (tertiary/aromatic N) is 3. The first-order valence-electron chi connectivity index (χ1n) is 7.50. The van der Waals surface area contributed by atoms with Crippen molar-refractivity contribution in [1.82, 2.24) is 19.1 Å². The van der Waals surface area contributed by atoms with Gasteiger partial charge in [0.2, 0.25) is 0 Å². The third kappa shape index (κ3) is 2.97. The molecule has 0 radical (unpaired) electrons. The van der Waals surface area contributed by atoms with Crippen LogP contribution in [0.1, 0.15) is 11.4 Å². The molecule has 0 aliphatic heterocycles. The summed E-state index contributed by atoms with van der Waals surface area (Å²) in [6.45, 7) is -0.0878. The van der Waals surface area contributed by atoms with Gasteiger partial charge in [-0.05, 0) is 23.8 Å². The topological polar surface area (TPSA) is 81.9 Å². The first-order valence-corrected chi connectivity index (χ1v) is 7.50. The maximum Gasteiger partial charge on any atom is 0.333 e. The summed E-state index contributed by atoms with van der Waals surface area (Å²) in [7, 11) is 3.15. The zero-order chi connectivity index (χ0) is 18.0. The highest BCUT2D eigenvalue weighted by molar-refractivity contribution is 5.75. The van der Waals surface area contributed by atoms with E-state index in [1.54, 1.807) is 20.2 Å². The molecule has 2 heterocycles. The van der Waals surface area contributed by atoms with Crippen LogP contribution in [0.15, 0.2) is 33.9 Å². The predicted octanol–water partition coefficient (Wildman–Crippen LogP) is 1.24. The van der Waals surface area contributed by atoms with E-state index in [9.17, 15) is 9.59 Å². The van der Waals surface area contributed by atoms with E-state index in [4.69, 9.17) is 11.2 Å². The van der Waals surface area contributed by atoms with Gasteiger partial charge in [0.1, 0.15) is 17.1 Å². The predicted molar refractivity (Wildman–Crippen MR) is 96.3 cm³/mol. The second-order valence-electron chi connectivity index (χ2n) is 5.37. The third-order valence-electron chi connectivity index (χ3n) is 3.77. The summed E-state index contributed by atoms with van der Waals surface area (Å²) < 4.78 is 7.48. The van der Waals surface area contributed by atoms with E-state index in [0.717, 1.165) is 15.9 Å². The standard InChI is InChI=1S/C18H16N4O3/c1-4-10-22-17(23)15-16(21(2)18(22)24)20-14(19-15)9-8-12-6-5-7-13(11-12)25-3/h1,5-9,11H,10H2,2-3H3,(H,19,20)/b9-8+. The molecule has 2 aromatic heterocycles. The molecule has 25 heavy (non-hydrogen) atoms. The maximum atomic E-state index is 12.4. The van der Waals surface area contributed by atoms with Gasteiger partial charge in [-0.3, -0.25) is 9.36 Å². The van der Waals surface area contributed by atoms with E-state index in [-0.39, 0.29) is 17.7 Å². The van der Waals surface area contributed by atoms with Crippen LogP contribution in [0.3, 0.4) is 0 Å². The van der Waals surface area contributed by atoms with Crippen molar-refractivity contribution in [3.63, 3.8) is 0 Å². The number of aromatic nitrogens is 4. The molecule has 1 N–H and O–H groups in total. The lowest BCUT2D eigenvalue weighted by molar-refractivity contribution is 0.414. The quantitative estimate of drug-likeness (QED) is 0.727. The number of methoxy groups -OCH3 is 1. The molecule has 126 valence electrons. The summed E-state index contributed by atoms with van der Waals surface area (Å²) >= 11 is 0. The van der Waals surface area contributed by atoms with Crippen molar-refractivity contribution in [1.29, 1.82) is 0 Å². The van der Waals surface area contributed by atoms with Crippen LogP contribution in [0.2, 0.25) is 0 Å². The number of hydrogen-bond donors (Lipinski definition) is 1. The molecule has 0 spiro atoms. The minimum atomic E-state index is -0.495. The molecule has 0 atom stereocenters. The number of benzene rings is 1. The van der Waals surface area contributed by atoms with Crippen LogP contribution in [0.5, 0.6) is 5.75 Å². The lowest BCUT2D eigenvalue weighted by Crippen LogP contribution is -2.38. The fraction of sp³-hybridized carbons (Fsp3) is 0.167. The van der Waals surface area contributed by atoms with Crippen LogP contribution in [-0.4, -0.2) is 26.2 Å². The zero-order valence-electron chi connectivity index (χ0n) is 13.8. The van der Waals surface area contributed by atoms with Crippen molar-refractivity contribution in [2.45, 2.75) is 6.54 Å². The minimum Gasteiger partial charge on any atom is -0.497 e. The molecule has 0 saturated heterocycles. The number of imidazole rings is 1. The van der Waals surface area contributed by atoms with E-state index in [2.05, 4.69) is 15.9 Å². The highest BCUT2D eigenvalue weighted by Gasteiger charge is 2.13. The first kappa shape index (κ1) is 16.3. The number of H-pyrrole nitrogens is 1. The molecule has 1 aromatic carbocycles. The fourth-order valence-corrected chi connectivity index (χ4v) is 2.50. The highest BCUT2D eigenvalue weighted by Crippen LogP contribution is 2.15. The summed E-state index contributed by atoms with van der Waals surface area (Å²) in [5.41, 5.74) is 0.462. The Hall–Kier alpha value is -3.53. The average molecular weight is 336 g/mol. The van der Waals surface area contributed by atoms with Gasteiger partial charge in [-0.15, -0.1) is 6.42 Å². The molecule has 0 fully saturated rings. The van der Waals surface area contributed by atoms with Gasteiger partial charge in [0.15, 0.2) is 5.65 Å². The normalized spacial score (nSPS) is 11.1. The van der Waals surface area contributed by atoms with Crippen LogP contribution in [0.4, 0.5) is 0 Å². The molecule has 3 rings (SSSR count). The molecule has 0 bridgehead atoms. The smallest absolute Gasteiger partial charge is 0.333 e. The molecule has 3 aromatic rings. The van der Waals surface area contributed by atoms with Gasteiger partial charge in [-0.2, -0.15) is 0 Å². The van der Waals surface area contributed by atoms with Gasteiger partial charge in [0.25, 0.3) is 5.56 Å². The van der Waals surface area contributed by atoms with E-state index in [0.29, 0.717) is 5.82 Å². The second kappa shape index (κ2) is 6.53. The van der Waals surface area contributed by atoms with Crippen molar-refractivity contribution in [2.24, 2.45) is 7.05 Å². The van der Waals surface area contributed by atoms with Crippen molar-refractivity contribution >= 4 is 23.3 Å². The number of terminal acetylenes is 1. The number of fused-ring (bicyclic) bond motifs is 1. The average Bonchev–Trinajstić information content (AvgIpc) is 3.06. The summed E-state index contributed by atoms with van der Waals surface area (Å²) in [5, 5.41) is 0. The third-order valence-corrected chi connectivity index (χ3v) is 3.77. The molecule has 0 amide bonds. The van der Waals surface area contributed by atoms with E-state index in [1.807, 2.05) is 30.3 Å². The fourth-order valence-electron chi connectivity index (χ4n) is 2.50. The van der Waals surface area contributed by atoms with Gasteiger partial charge in [-0.25, -0.2) is 14.3 Å². The minimum absolute atomic E-state index is 0.0878. The Morgan fingerprint density at radius 2 is 2.16 bits per heavy atom. The number of aromatic amines is 1. The molecular weight excluding hydrogens is 320 g/mol.